The van der Waals surface area contributed by atoms with Crippen molar-refractivity contribution in [1.82, 2.24) is 5.32 Å². The SMILES string of the molecule is NS(=O)(=O)c1ccc(CNC(=O)C(=O)Nc2cc(Cl)ccc2O)cc1. The number of sulfonamides is 1. The Bertz CT molecular complexity index is 913. The summed E-state index contributed by atoms with van der Waals surface area (Å²) in [7, 11) is -3.79. The Morgan fingerprint density at radius 3 is 2.32 bits per heavy atom. The molecule has 2 aromatic rings. The first-order valence-electron chi connectivity index (χ1n) is 6.86. The van der Waals surface area contributed by atoms with Gasteiger partial charge in [-0.1, -0.05) is 23.7 Å². The van der Waals surface area contributed by atoms with Crippen molar-refractivity contribution in [2.75, 3.05) is 5.32 Å². The highest BCUT2D eigenvalue weighted by atomic mass is 35.5. The standard InChI is InChI=1S/C15H14ClN3O5S/c16-10-3-6-13(20)12(7-10)19-15(22)14(21)18-8-9-1-4-11(5-2-9)25(17,23)24/h1-7,20H,8H2,(H,18,21)(H,19,22)(H2,17,23,24). The highest BCUT2D eigenvalue weighted by Crippen LogP contribution is 2.26. The maximum atomic E-state index is 11.8. The van der Waals surface area contributed by atoms with Gasteiger partial charge in [0.05, 0.1) is 10.6 Å². The van der Waals surface area contributed by atoms with Crippen molar-refractivity contribution in [2.45, 2.75) is 11.4 Å². The summed E-state index contributed by atoms with van der Waals surface area (Å²) >= 11 is 5.75. The Morgan fingerprint density at radius 1 is 1.08 bits per heavy atom. The summed E-state index contributed by atoms with van der Waals surface area (Å²) in [6.45, 7) is -0.00131. The Morgan fingerprint density at radius 2 is 1.72 bits per heavy atom. The number of carbonyl (C=O) groups is 2. The Kier molecular flexibility index (Phi) is 5.62. The second kappa shape index (κ2) is 7.51. The third-order valence-electron chi connectivity index (χ3n) is 3.12. The molecule has 0 spiro atoms. The van der Waals surface area contributed by atoms with E-state index in [1.807, 2.05) is 0 Å². The topological polar surface area (TPSA) is 139 Å². The van der Waals surface area contributed by atoms with Crippen molar-refractivity contribution < 1.29 is 23.1 Å². The highest BCUT2D eigenvalue weighted by Gasteiger charge is 2.15. The van der Waals surface area contributed by atoms with Crippen LogP contribution in [-0.2, 0) is 26.2 Å². The van der Waals surface area contributed by atoms with Gasteiger partial charge in [0.1, 0.15) is 5.75 Å². The van der Waals surface area contributed by atoms with Gasteiger partial charge in [-0.15, -0.1) is 0 Å². The summed E-state index contributed by atoms with van der Waals surface area (Å²) in [5.74, 6) is -2.15. The molecule has 0 heterocycles. The number of phenols is 1. The molecule has 2 rings (SSSR count). The van der Waals surface area contributed by atoms with Gasteiger partial charge in [-0.05, 0) is 35.9 Å². The summed E-state index contributed by atoms with van der Waals surface area (Å²) in [5, 5.41) is 19.5. The third kappa shape index (κ3) is 5.18. The van der Waals surface area contributed by atoms with Crippen LogP contribution in [0.5, 0.6) is 5.75 Å². The van der Waals surface area contributed by atoms with E-state index in [-0.39, 0.29) is 27.9 Å². The molecule has 0 unspecified atom stereocenters. The van der Waals surface area contributed by atoms with Crippen molar-refractivity contribution in [1.29, 1.82) is 0 Å². The number of nitrogens with two attached hydrogens (primary N) is 1. The molecule has 0 fully saturated rings. The van der Waals surface area contributed by atoms with Crippen LogP contribution in [0.1, 0.15) is 5.56 Å². The molecule has 0 radical (unpaired) electrons. The molecule has 0 aromatic heterocycles. The predicted molar refractivity (Wildman–Crippen MR) is 91.4 cm³/mol. The minimum absolute atomic E-state index is 0.00131. The average molecular weight is 384 g/mol. The summed E-state index contributed by atoms with van der Waals surface area (Å²) in [6, 6.07) is 9.51. The molecule has 0 aliphatic heterocycles. The van der Waals surface area contributed by atoms with E-state index in [0.29, 0.717) is 5.56 Å². The number of hydrogen-bond acceptors (Lipinski definition) is 5. The van der Waals surface area contributed by atoms with Crippen LogP contribution in [0.25, 0.3) is 0 Å². The van der Waals surface area contributed by atoms with E-state index in [2.05, 4.69) is 10.6 Å². The second-order valence-corrected chi connectivity index (χ2v) is 6.99. The smallest absolute Gasteiger partial charge is 0.313 e. The van der Waals surface area contributed by atoms with E-state index < -0.39 is 21.8 Å². The fourth-order valence-corrected chi connectivity index (χ4v) is 2.53. The van der Waals surface area contributed by atoms with Crippen LogP contribution in [0.15, 0.2) is 47.4 Å². The van der Waals surface area contributed by atoms with Gasteiger partial charge < -0.3 is 15.7 Å². The second-order valence-electron chi connectivity index (χ2n) is 4.99. The first-order valence-corrected chi connectivity index (χ1v) is 8.78. The van der Waals surface area contributed by atoms with Gasteiger partial charge >= 0.3 is 11.8 Å². The lowest BCUT2D eigenvalue weighted by Crippen LogP contribution is -2.35. The number of carbonyl (C=O) groups excluding carboxylic acids is 2. The molecule has 8 nitrogen and oxygen atoms in total. The van der Waals surface area contributed by atoms with E-state index in [0.717, 1.165) is 0 Å². The van der Waals surface area contributed by atoms with Gasteiger partial charge in [-0.2, -0.15) is 0 Å². The maximum absolute atomic E-state index is 11.8. The molecule has 0 saturated heterocycles. The first-order chi connectivity index (χ1) is 11.7. The van der Waals surface area contributed by atoms with E-state index in [9.17, 15) is 23.1 Å². The van der Waals surface area contributed by atoms with Crippen LogP contribution >= 0.6 is 11.6 Å². The van der Waals surface area contributed by atoms with E-state index in [1.54, 1.807) is 0 Å². The summed E-state index contributed by atoms with van der Waals surface area (Å²) in [6.07, 6.45) is 0. The predicted octanol–water partition coefficient (Wildman–Crippen LogP) is 0.948. The van der Waals surface area contributed by atoms with Gasteiger partial charge in [-0.25, -0.2) is 13.6 Å². The van der Waals surface area contributed by atoms with E-state index in [4.69, 9.17) is 16.7 Å². The molecule has 0 saturated carbocycles. The first kappa shape index (κ1) is 18.7. The maximum Gasteiger partial charge on any atom is 0.313 e. The molecule has 0 aliphatic carbocycles. The highest BCUT2D eigenvalue weighted by molar-refractivity contribution is 7.89. The number of rotatable bonds is 4. The lowest BCUT2D eigenvalue weighted by Gasteiger charge is -2.08. The molecular formula is C15H14ClN3O5S. The number of halogens is 1. The molecule has 5 N–H and O–H groups in total. The van der Waals surface area contributed by atoms with Crippen LogP contribution in [0.4, 0.5) is 5.69 Å². The molecule has 0 atom stereocenters. The number of phenolic OH excluding ortho intramolecular Hbond substituents is 1. The normalized spacial score (nSPS) is 11.0. The molecule has 25 heavy (non-hydrogen) atoms. The van der Waals surface area contributed by atoms with Gasteiger partial charge in [0, 0.05) is 11.6 Å². The van der Waals surface area contributed by atoms with Gasteiger partial charge in [0.2, 0.25) is 10.0 Å². The lowest BCUT2D eigenvalue weighted by atomic mass is 10.2. The Labute approximate surface area is 148 Å². The zero-order valence-electron chi connectivity index (χ0n) is 12.7. The number of anilines is 1. The largest absolute Gasteiger partial charge is 0.506 e. The van der Waals surface area contributed by atoms with Crippen molar-refractivity contribution in [3.05, 3.63) is 53.1 Å². The number of hydrogen-bond donors (Lipinski definition) is 4. The fourth-order valence-electron chi connectivity index (χ4n) is 1.85. The van der Waals surface area contributed by atoms with Crippen LogP contribution in [0.2, 0.25) is 5.02 Å². The van der Waals surface area contributed by atoms with Gasteiger partial charge in [0.15, 0.2) is 0 Å². The van der Waals surface area contributed by atoms with Crippen molar-refractivity contribution in [3.8, 4) is 5.75 Å². The van der Waals surface area contributed by atoms with Crippen molar-refractivity contribution in [3.63, 3.8) is 0 Å². The molecule has 0 aliphatic rings. The van der Waals surface area contributed by atoms with Gasteiger partial charge in [0.25, 0.3) is 0 Å². The number of aromatic hydroxyl groups is 1. The summed E-state index contributed by atoms with van der Waals surface area (Å²) in [4.78, 5) is 23.5. The molecule has 2 amide bonds. The average Bonchev–Trinajstić information content (AvgIpc) is 2.55. The third-order valence-corrected chi connectivity index (χ3v) is 4.28. The number of amides is 2. The zero-order chi connectivity index (χ0) is 18.6. The quantitative estimate of drug-likeness (QED) is 0.460. The number of benzene rings is 2. The van der Waals surface area contributed by atoms with Crippen LogP contribution in [0.3, 0.4) is 0 Å². The zero-order valence-corrected chi connectivity index (χ0v) is 14.3. The Balaban J connectivity index is 1.95. The van der Waals surface area contributed by atoms with Crippen LogP contribution in [0, 0.1) is 0 Å². The molecule has 0 bridgehead atoms. The Hall–Kier alpha value is -2.62. The molecular weight excluding hydrogens is 370 g/mol. The summed E-state index contributed by atoms with van der Waals surface area (Å²) < 4.78 is 22.3. The molecule has 10 heteroatoms. The monoisotopic (exact) mass is 383 g/mol. The van der Waals surface area contributed by atoms with E-state index in [1.165, 1.54) is 42.5 Å². The molecule has 132 valence electrons. The fraction of sp³-hybridized carbons (Fsp3) is 0.0667. The minimum atomic E-state index is -3.79. The van der Waals surface area contributed by atoms with Crippen LogP contribution in [-0.4, -0.2) is 25.3 Å². The lowest BCUT2D eigenvalue weighted by molar-refractivity contribution is -0.136. The van der Waals surface area contributed by atoms with Crippen molar-refractivity contribution in [2.24, 2.45) is 5.14 Å². The number of nitrogens with one attached hydrogen (secondary N) is 2. The minimum Gasteiger partial charge on any atom is -0.506 e. The molecule has 2 aromatic carbocycles. The van der Waals surface area contributed by atoms with Crippen molar-refractivity contribution >= 4 is 39.1 Å². The number of primary sulfonamides is 1. The van der Waals surface area contributed by atoms with E-state index >= 15 is 0 Å². The van der Waals surface area contributed by atoms with Gasteiger partial charge in [-0.3, -0.25) is 9.59 Å². The summed E-state index contributed by atoms with van der Waals surface area (Å²) in [5.41, 5.74) is 0.573. The van der Waals surface area contributed by atoms with Crippen LogP contribution < -0.4 is 15.8 Å².